The van der Waals surface area contributed by atoms with Crippen molar-refractivity contribution in [2.24, 2.45) is 5.92 Å². The molecule has 2 unspecified atom stereocenters. The summed E-state index contributed by atoms with van der Waals surface area (Å²) in [6.45, 7) is 5.61. The van der Waals surface area contributed by atoms with Crippen molar-refractivity contribution in [3.05, 3.63) is 59.7 Å². The molecular weight excluding hydrogens is 404 g/mol. The summed E-state index contributed by atoms with van der Waals surface area (Å²) < 4.78 is 11.7. The van der Waals surface area contributed by atoms with Gasteiger partial charge in [-0.3, -0.25) is 9.59 Å². The highest BCUT2D eigenvalue weighted by molar-refractivity contribution is 5.95. The molecule has 2 aromatic carbocycles. The quantitative estimate of drug-likeness (QED) is 0.689. The predicted octanol–water partition coefficient (Wildman–Crippen LogP) is 4.30. The highest BCUT2D eigenvalue weighted by Crippen LogP contribution is 2.35. The molecule has 0 radical (unpaired) electrons. The van der Waals surface area contributed by atoms with Crippen molar-refractivity contribution in [1.82, 2.24) is 4.90 Å². The molecule has 1 saturated heterocycles. The molecule has 1 fully saturated rings. The van der Waals surface area contributed by atoms with Gasteiger partial charge in [0.25, 0.3) is 0 Å². The number of anilines is 1. The molecule has 2 atom stereocenters. The zero-order valence-electron chi connectivity index (χ0n) is 18.7. The van der Waals surface area contributed by atoms with Crippen LogP contribution in [0.3, 0.4) is 0 Å². The molecule has 2 heterocycles. The van der Waals surface area contributed by atoms with E-state index in [-0.39, 0.29) is 23.8 Å². The monoisotopic (exact) mass is 434 g/mol. The van der Waals surface area contributed by atoms with Crippen molar-refractivity contribution in [1.29, 1.82) is 0 Å². The van der Waals surface area contributed by atoms with Crippen molar-refractivity contribution in [3.63, 3.8) is 0 Å². The molecule has 1 N–H and O–H groups in total. The molecule has 0 spiro atoms. The van der Waals surface area contributed by atoms with Gasteiger partial charge in [-0.1, -0.05) is 18.2 Å². The van der Waals surface area contributed by atoms with Gasteiger partial charge in [0.2, 0.25) is 11.8 Å². The number of hydrogen-bond acceptors (Lipinski definition) is 4. The fraction of sp³-hybridized carbons (Fsp3) is 0.385. The first-order valence-corrected chi connectivity index (χ1v) is 11.3. The fourth-order valence-corrected chi connectivity index (χ4v) is 4.29. The Morgan fingerprint density at radius 2 is 2.06 bits per heavy atom. The van der Waals surface area contributed by atoms with Gasteiger partial charge < -0.3 is 19.7 Å². The van der Waals surface area contributed by atoms with Gasteiger partial charge >= 0.3 is 0 Å². The first-order chi connectivity index (χ1) is 15.5. The second-order valence-corrected chi connectivity index (χ2v) is 8.38. The number of piperidine rings is 1. The minimum absolute atomic E-state index is 0.0406. The summed E-state index contributed by atoms with van der Waals surface area (Å²) in [5, 5.41) is 2.95. The van der Waals surface area contributed by atoms with Gasteiger partial charge in [-0.15, -0.1) is 0 Å². The lowest BCUT2D eigenvalue weighted by Gasteiger charge is -2.31. The lowest BCUT2D eigenvalue weighted by atomic mass is 9.97. The molecule has 6 nitrogen and oxygen atoms in total. The third-order valence-corrected chi connectivity index (χ3v) is 5.88. The van der Waals surface area contributed by atoms with E-state index in [1.54, 1.807) is 17.1 Å². The number of likely N-dealkylation sites (tertiary alicyclic amines) is 1. The zero-order valence-corrected chi connectivity index (χ0v) is 18.7. The van der Waals surface area contributed by atoms with Gasteiger partial charge in [-0.25, -0.2) is 0 Å². The Bertz CT molecular complexity index is 1000. The molecule has 32 heavy (non-hydrogen) atoms. The van der Waals surface area contributed by atoms with Crippen LogP contribution >= 0.6 is 0 Å². The van der Waals surface area contributed by atoms with E-state index in [4.69, 9.17) is 9.47 Å². The van der Waals surface area contributed by atoms with E-state index in [0.717, 1.165) is 47.6 Å². The molecule has 0 aromatic heterocycles. The predicted molar refractivity (Wildman–Crippen MR) is 125 cm³/mol. The minimum atomic E-state index is -0.213. The fourth-order valence-electron chi connectivity index (χ4n) is 4.29. The van der Waals surface area contributed by atoms with Gasteiger partial charge in [0.1, 0.15) is 17.6 Å². The summed E-state index contributed by atoms with van der Waals surface area (Å²) in [4.78, 5) is 27.3. The number of nitrogens with zero attached hydrogens (tertiary/aromatic N) is 1. The Hall–Kier alpha value is -3.28. The number of amides is 2. The molecule has 2 aliphatic heterocycles. The zero-order chi connectivity index (χ0) is 22.5. The number of fused-ring (bicyclic) bond motifs is 1. The van der Waals surface area contributed by atoms with E-state index in [1.165, 1.54) is 0 Å². The number of benzene rings is 2. The van der Waals surface area contributed by atoms with Gasteiger partial charge in [0.15, 0.2) is 0 Å². The van der Waals surface area contributed by atoms with E-state index >= 15 is 0 Å². The van der Waals surface area contributed by atoms with Crippen molar-refractivity contribution in [2.75, 3.05) is 25.0 Å². The first kappa shape index (κ1) is 21.9. The van der Waals surface area contributed by atoms with Crippen LogP contribution in [-0.4, -0.2) is 42.5 Å². The van der Waals surface area contributed by atoms with Crippen molar-refractivity contribution < 1.29 is 19.1 Å². The van der Waals surface area contributed by atoms with E-state index in [9.17, 15) is 9.59 Å². The van der Waals surface area contributed by atoms with Gasteiger partial charge in [-0.05, 0) is 57.0 Å². The Labute approximate surface area is 189 Å². The molecule has 4 rings (SSSR count). The summed E-state index contributed by atoms with van der Waals surface area (Å²) in [6.07, 6.45) is 5.95. The third-order valence-electron chi connectivity index (χ3n) is 5.88. The van der Waals surface area contributed by atoms with Crippen LogP contribution < -0.4 is 14.8 Å². The third kappa shape index (κ3) is 5.13. The molecule has 168 valence electrons. The molecule has 0 aliphatic carbocycles. The SMILES string of the molecule is CCOc1cc2c(cc1/C=C/C(=O)N1CCCC(C(=O)Nc3ccccc3)C1)OC(C)C2. The topological polar surface area (TPSA) is 67.9 Å². The number of nitrogens with one attached hydrogen (secondary N) is 1. The van der Waals surface area contributed by atoms with Gasteiger partial charge in [0, 0.05) is 42.4 Å². The maximum absolute atomic E-state index is 12.9. The minimum Gasteiger partial charge on any atom is -0.493 e. The van der Waals surface area contributed by atoms with E-state index < -0.39 is 0 Å². The standard InChI is InChI=1S/C26H30N2O4/c1-3-31-23-16-21-14-18(2)32-24(21)15-19(23)11-12-25(29)28-13-7-8-20(17-28)26(30)27-22-9-5-4-6-10-22/h4-6,9-12,15-16,18,20H,3,7-8,13-14,17H2,1-2H3,(H,27,30)/b12-11+. The molecule has 2 amide bonds. The molecule has 0 saturated carbocycles. The average molecular weight is 435 g/mol. The maximum Gasteiger partial charge on any atom is 0.246 e. The lowest BCUT2D eigenvalue weighted by molar-refractivity contribution is -0.130. The summed E-state index contributed by atoms with van der Waals surface area (Å²) in [7, 11) is 0. The van der Waals surface area contributed by atoms with Crippen LogP contribution in [0.4, 0.5) is 5.69 Å². The van der Waals surface area contributed by atoms with Gasteiger partial charge in [0.05, 0.1) is 12.5 Å². The second-order valence-electron chi connectivity index (χ2n) is 8.38. The lowest BCUT2D eigenvalue weighted by Crippen LogP contribution is -2.43. The molecule has 6 heteroatoms. The van der Waals surface area contributed by atoms with Crippen LogP contribution in [0.5, 0.6) is 11.5 Å². The molecule has 2 aliphatic rings. The van der Waals surface area contributed by atoms with E-state index in [1.807, 2.05) is 56.3 Å². The van der Waals surface area contributed by atoms with Crippen LogP contribution in [0.2, 0.25) is 0 Å². The summed E-state index contributed by atoms with van der Waals surface area (Å²) >= 11 is 0. The Morgan fingerprint density at radius 3 is 2.84 bits per heavy atom. The highest BCUT2D eigenvalue weighted by atomic mass is 16.5. The number of ether oxygens (including phenoxy) is 2. The number of carbonyl (C=O) groups is 2. The smallest absolute Gasteiger partial charge is 0.246 e. The van der Waals surface area contributed by atoms with Crippen LogP contribution in [0.15, 0.2) is 48.5 Å². The van der Waals surface area contributed by atoms with Crippen molar-refractivity contribution in [2.45, 2.75) is 39.2 Å². The summed E-state index contributed by atoms with van der Waals surface area (Å²) in [6, 6.07) is 13.4. The molecule has 2 aromatic rings. The number of rotatable bonds is 6. The van der Waals surface area contributed by atoms with Crippen molar-refractivity contribution in [3.8, 4) is 11.5 Å². The van der Waals surface area contributed by atoms with Crippen LogP contribution in [0.25, 0.3) is 6.08 Å². The number of para-hydroxylation sites is 1. The maximum atomic E-state index is 12.9. The molecule has 0 bridgehead atoms. The van der Waals surface area contributed by atoms with Crippen LogP contribution in [0, 0.1) is 5.92 Å². The largest absolute Gasteiger partial charge is 0.493 e. The number of carbonyl (C=O) groups excluding carboxylic acids is 2. The van der Waals surface area contributed by atoms with Crippen LogP contribution in [-0.2, 0) is 16.0 Å². The Balaban J connectivity index is 1.42. The van der Waals surface area contributed by atoms with Crippen LogP contribution in [0.1, 0.15) is 37.8 Å². The van der Waals surface area contributed by atoms with E-state index in [0.29, 0.717) is 19.7 Å². The second kappa shape index (κ2) is 9.90. The highest BCUT2D eigenvalue weighted by Gasteiger charge is 2.28. The Kier molecular flexibility index (Phi) is 6.78. The average Bonchev–Trinajstić information content (AvgIpc) is 3.17. The van der Waals surface area contributed by atoms with Crippen molar-refractivity contribution >= 4 is 23.6 Å². The summed E-state index contributed by atoms with van der Waals surface area (Å²) in [5.41, 5.74) is 2.73. The molecular formula is C26H30N2O4. The van der Waals surface area contributed by atoms with Gasteiger partial charge in [-0.2, -0.15) is 0 Å². The summed E-state index contributed by atoms with van der Waals surface area (Å²) in [5.74, 6) is 1.26. The number of hydrogen-bond donors (Lipinski definition) is 1. The Morgan fingerprint density at radius 1 is 1.25 bits per heavy atom. The van der Waals surface area contributed by atoms with E-state index in [2.05, 4.69) is 5.32 Å². The normalized spacial score (nSPS) is 20.0. The first-order valence-electron chi connectivity index (χ1n) is 11.3.